The molecule has 0 spiro atoms. The Hall–Kier alpha value is -0.120. The summed E-state index contributed by atoms with van der Waals surface area (Å²) in [6.07, 6.45) is 6.36. The molecule has 0 aliphatic heterocycles. The molecule has 4 atom stereocenters. The zero-order valence-corrected chi connectivity index (χ0v) is 14.8. The van der Waals surface area contributed by atoms with Gasteiger partial charge in [0.05, 0.1) is 6.61 Å². The van der Waals surface area contributed by atoms with E-state index in [9.17, 15) is 5.11 Å². The van der Waals surface area contributed by atoms with Crippen molar-refractivity contribution in [3.05, 3.63) is 0 Å². The largest absolute Gasteiger partial charge is 0.395 e. The normalized spacial score (nSPS) is 30.0. The summed E-state index contributed by atoms with van der Waals surface area (Å²) in [5.41, 5.74) is 0. The second kappa shape index (κ2) is 10.6. The van der Waals surface area contributed by atoms with Crippen molar-refractivity contribution in [2.24, 2.45) is 17.8 Å². The highest BCUT2D eigenvalue weighted by Crippen LogP contribution is 2.34. The van der Waals surface area contributed by atoms with Crippen LogP contribution in [0, 0.1) is 17.8 Å². The van der Waals surface area contributed by atoms with Crippen LogP contribution in [0.4, 0.5) is 0 Å². The number of nitrogens with zero attached hydrogens (tertiary/aromatic N) is 1. The predicted molar refractivity (Wildman–Crippen MR) is 91.6 cm³/mol. The first-order valence-electron chi connectivity index (χ1n) is 9.18. The highest BCUT2D eigenvalue weighted by atomic mass is 16.3. The average Bonchev–Trinajstić information content (AvgIpc) is 2.45. The lowest BCUT2D eigenvalue weighted by molar-refractivity contribution is 0.0900. The molecule has 0 bridgehead atoms. The number of aliphatic hydroxyl groups is 1. The minimum absolute atomic E-state index is 0.286. The van der Waals surface area contributed by atoms with Gasteiger partial charge in [0.2, 0.25) is 0 Å². The van der Waals surface area contributed by atoms with Gasteiger partial charge in [-0.15, -0.1) is 0 Å². The van der Waals surface area contributed by atoms with Gasteiger partial charge in [-0.3, -0.25) is 0 Å². The molecule has 1 aliphatic rings. The zero-order valence-electron chi connectivity index (χ0n) is 14.8. The Balaban J connectivity index is 2.62. The number of hydrogen-bond donors (Lipinski definition) is 2. The van der Waals surface area contributed by atoms with E-state index in [4.69, 9.17) is 0 Å². The van der Waals surface area contributed by atoms with Gasteiger partial charge in [-0.05, 0) is 56.5 Å². The van der Waals surface area contributed by atoms with Crippen LogP contribution in [-0.4, -0.2) is 48.8 Å². The summed E-state index contributed by atoms with van der Waals surface area (Å²) in [5, 5.41) is 13.1. The van der Waals surface area contributed by atoms with Crippen molar-refractivity contribution < 1.29 is 5.11 Å². The van der Waals surface area contributed by atoms with Crippen molar-refractivity contribution >= 4 is 0 Å². The molecular weight excluding hydrogens is 260 g/mol. The predicted octanol–water partition coefficient (Wildman–Crippen LogP) is 3.13. The molecule has 1 aliphatic carbocycles. The summed E-state index contributed by atoms with van der Waals surface area (Å²) in [4.78, 5) is 2.49. The summed E-state index contributed by atoms with van der Waals surface area (Å²) >= 11 is 0. The molecule has 1 rings (SSSR count). The lowest BCUT2D eigenvalue weighted by Gasteiger charge is -2.42. The zero-order chi connectivity index (χ0) is 15.7. The third kappa shape index (κ3) is 6.66. The van der Waals surface area contributed by atoms with E-state index in [1.165, 1.54) is 32.1 Å². The van der Waals surface area contributed by atoms with Crippen molar-refractivity contribution in [1.29, 1.82) is 0 Å². The van der Waals surface area contributed by atoms with E-state index in [0.29, 0.717) is 6.04 Å². The molecule has 3 heteroatoms. The van der Waals surface area contributed by atoms with Crippen molar-refractivity contribution in [3.63, 3.8) is 0 Å². The van der Waals surface area contributed by atoms with Crippen LogP contribution in [0.1, 0.15) is 59.8 Å². The van der Waals surface area contributed by atoms with Crippen molar-refractivity contribution in [2.75, 3.05) is 32.8 Å². The third-order valence-electron chi connectivity index (χ3n) is 5.05. The molecule has 0 saturated heterocycles. The van der Waals surface area contributed by atoms with Crippen LogP contribution < -0.4 is 5.32 Å². The SMILES string of the molecule is CCCCN(CCO)CC1C(C)CC(C)CC1NCCC. The number of hydrogen-bond acceptors (Lipinski definition) is 3. The van der Waals surface area contributed by atoms with Gasteiger partial charge in [-0.25, -0.2) is 0 Å². The lowest BCUT2D eigenvalue weighted by Crippen LogP contribution is -2.49. The van der Waals surface area contributed by atoms with Gasteiger partial charge >= 0.3 is 0 Å². The maximum absolute atomic E-state index is 9.32. The minimum atomic E-state index is 0.286. The summed E-state index contributed by atoms with van der Waals surface area (Å²) in [6.45, 7) is 13.9. The standard InChI is InChI=1S/C18H38N2O/c1-5-7-9-20(10-11-21)14-17-16(4)12-15(3)13-18(17)19-8-6-2/h15-19,21H,5-14H2,1-4H3. The van der Waals surface area contributed by atoms with Crippen LogP contribution in [0.25, 0.3) is 0 Å². The van der Waals surface area contributed by atoms with Crippen molar-refractivity contribution in [3.8, 4) is 0 Å². The molecule has 126 valence electrons. The molecule has 0 aromatic rings. The molecular formula is C18H38N2O. The molecule has 4 unspecified atom stereocenters. The maximum Gasteiger partial charge on any atom is 0.0558 e. The van der Waals surface area contributed by atoms with Gasteiger partial charge < -0.3 is 15.3 Å². The van der Waals surface area contributed by atoms with Crippen LogP contribution in [0.15, 0.2) is 0 Å². The smallest absolute Gasteiger partial charge is 0.0558 e. The van der Waals surface area contributed by atoms with E-state index in [2.05, 4.69) is 37.9 Å². The molecule has 1 saturated carbocycles. The fourth-order valence-corrected chi connectivity index (χ4v) is 3.90. The number of unbranched alkanes of at least 4 members (excludes halogenated alkanes) is 1. The molecule has 0 radical (unpaired) electrons. The highest BCUT2D eigenvalue weighted by Gasteiger charge is 2.34. The summed E-state index contributed by atoms with van der Waals surface area (Å²) < 4.78 is 0. The summed E-state index contributed by atoms with van der Waals surface area (Å²) in [5.74, 6) is 2.36. The van der Waals surface area contributed by atoms with Crippen molar-refractivity contribution in [2.45, 2.75) is 65.8 Å². The Morgan fingerprint density at radius 1 is 1.10 bits per heavy atom. The van der Waals surface area contributed by atoms with Gasteiger partial charge in [0.15, 0.2) is 0 Å². The first-order chi connectivity index (χ1) is 10.1. The topological polar surface area (TPSA) is 35.5 Å². The fourth-order valence-electron chi connectivity index (χ4n) is 3.90. The van der Waals surface area contributed by atoms with Gasteiger partial charge in [-0.1, -0.05) is 34.1 Å². The van der Waals surface area contributed by atoms with Gasteiger partial charge in [0, 0.05) is 19.1 Å². The second-order valence-electron chi connectivity index (χ2n) is 7.16. The molecule has 21 heavy (non-hydrogen) atoms. The maximum atomic E-state index is 9.32. The van der Waals surface area contributed by atoms with Crippen LogP contribution >= 0.6 is 0 Å². The molecule has 0 aromatic carbocycles. The van der Waals surface area contributed by atoms with Crippen LogP contribution in [-0.2, 0) is 0 Å². The Labute approximate surface area is 132 Å². The van der Waals surface area contributed by atoms with Gasteiger partial charge in [-0.2, -0.15) is 0 Å². The molecule has 2 N–H and O–H groups in total. The fraction of sp³-hybridized carbons (Fsp3) is 1.00. The third-order valence-corrected chi connectivity index (χ3v) is 5.05. The number of nitrogens with one attached hydrogen (secondary N) is 1. The van der Waals surface area contributed by atoms with E-state index >= 15 is 0 Å². The highest BCUT2D eigenvalue weighted by molar-refractivity contribution is 4.89. The van der Waals surface area contributed by atoms with E-state index in [1.807, 2.05) is 0 Å². The van der Waals surface area contributed by atoms with Crippen LogP contribution in [0.2, 0.25) is 0 Å². The summed E-state index contributed by atoms with van der Waals surface area (Å²) in [7, 11) is 0. The van der Waals surface area contributed by atoms with Crippen LogP contribution in [0.5, 0.6) is 0 Å². The number of aliphatic hydroxyl groups excluding tert-OH is 1. The minimum Gasteiger partial charge on any atom is -0.395 e. The molecule has 1 fully saturated rings. The van der Waals surface area contributed by atoms with E-state index < -0.39 is 0 Å². The Morgan fingerprint density at radius 2 is 1.86 bits per heavy atom. The molecule has 0 heterocycles. The Bertz CT molecular complexity index is 260. The van der Waals surface area contributed by atoms with Gasteiger partial charge in [0.1, 0.15) is 0 Å². The molecule has 0 aromatic heterocycles. The van der Waals surface area contributed by atoms with Crippen molar-refractivity contribution in [1.82, 2.24) is 10.2 Å². The van der Waals surface area contributed by atoms with E-state index in [1.54, 1.807) is 0 Å². The average molecular weight is 299 g/mol. The summed E-state index contributed by atoms with van der Waals surface area (Å²) in [6, 6.07) is 0.659. The Kier molecular flexibility index (Phi) is 9.54. The van der Waals surface area contributed by atoms with Gasteiger partial charge in [0.25, 0.3) is 0 Å². The second-order valence-corrected chi connectivity index (χ2v) is 7.16. The van der Waals surface area contributed by atoms with E-state index in [-0.39, 0.29) is 6.61 Å². The lowest BCUT2D eigenvalue weighted by atomic mass is 9.72. The number of rotatable bonds is 10. The first kappa shape index (κ1) is 18.9. The quantitative estimate of drug-likeness (QED) is 0.650. The molecule has 3 nitrogen and oxygen atoms in total. The first-order valence-corrected chi connectivity index (χ1v) is 9.18. The van der Waals surface area contributed by atoms with Crippen LogP contribution in [0.3, 0.4) is 0 Å². The monoisotopic (exact) mass is 298 g/mol. The molecule has 0 amide bonds. The van der Waals surface area contributed by atoms with E-state index in [0.717, 1.165) is 43.9 Å². The Morgan fingerprint density at radius 3 is 2.48 bits per heavy atom.